The molecule has 0 N–H and O–H groups in total. The van der Waals surface area contributed by atoms with E-state index in [1.165, 1.54) is 24.8 Å². The van der Waals surface area contributed by atoms with Gasteiger partial charge >= 0.3 is 0 Å². The maximum absolute atomic E-state index is 14.2. The number of benzene rings is 3. The van der Waals surface area contributed by atoms with Crippen LogP contribution in [-0.4, -0.2) is 60.6 Å². The number of piperazine rings is 1. The average Bonchev–Trinajstić information content (AvgIpc) is 3.17. The summed E-state index contributed by atoms with van der Waals surface area (Å²) >= 11 is 0. The van der Waals surface area contributed by atoms with Crippen LogP contribution in [0.1, 0.15) is 51.1 Å². The molecule has 0 unspecified atom stereocenters. The van der Waals surface area contributed by atoms with E-state index in [4.69, 9.17) is 0 Å². The number of nitrogens with zero attached hydrogens (tertiary/aromatic N) is 3. The van der Waals surface area contributed by atoms with Crippen LogP contribution in [0.15, 0.2) is 78.9 Å². The molecule has 3 aromatic rings. The molecule has 36 heavy (non-hydrogen) atoms. The van der Waals surface area contributed by atoms with Crippen LogP contribution in [0, 0.1) is 0 Å². The monoisotopic (exact) mass is 479 g/mol. The lowest BCUT2D eigenvalue weighted by Gasteiger charge is -2.44. The predicted octanol–water partition coefficient (Wildman–Crippen LogP) is 4.77. The molecule has 0 saturated carbocycles. The van der Waals surface area contributed by atoms with E-state index in [1.807, 2.05) is 42.5 Å². The molecular formula is C31H33N3O2. The van der Waals surface area contributed by atoms with Gasteiger partial charge in [-0.05, 0) is 42.5 Å². The van der Waals surface area contributed by atoms with Crippen molar-refractivity contribution in [2.24, 2.45) is 0 Å². The Hall–Kier alpha value is -3.28. The molecule has 0 amide bonds. The lowest BCUT2D eigenvalue weighted by molar-refractivity contribution is 0.0279. The van der Waals surface area contributed by atoms with Gasteiger partial charge in [-0.2, -0.15) is 0 Å². The maximum atomic E-state index is 14.2. The minimum Gasteiger partial charge on any atom is -0.372 e. The Morgan fingerprint density at radius 3 is 1.94 bits per heavy atom. The van der Waals surface area contributed by atoms with Crippen LogP contribution in [0.5, 0.6) is 0 Å². The number of Topliss-reactive ketones (excluding diaryl/α,β-unsaturated/α-hetero) is 2. The number of rotatable bonds is 5. The largest absolute Gasteiger partial charge is 0.372 e. The first kappa shape index (κ1) is 23.1. The molecule has 6 rings (SSSR count). The van der Waals surface area contributed by atoms with E-state index in [9.17, 15) is 9.59 Å². The normalized spacial score (nSPS) is 20.5. The number of hydrogen-bond acceptors (Lipinski definition) is 5. The highest BCUT2D eigenvalue weighted by Gasteiger charge is 2.58. The predicted molar refractivity (Wildman–Crippen MR) is 143 cm³/mol. The standard InChI is InChI=1S/C31H33N3O2/c35-29-27-14-5-6-15-28(27)30(36)31(29,25-12-9-13-26(22-25)33-16-7-2-8-17-33)34-20-18-32(19-21-34)23-24-10-3-1-4-11-24/h1,3-6,9-15,22H,2,7-8,16-21,23H2. The SMILES string of the molecule is O=C1c2ccccc2C(=O)C1(c1cccc(N2CCCCC2)c1)N1CCN(Cc2ccccc2)CC1. The molecule has 184 valence electrons. The summed E-state index contributed by atoms with van der Waals surface area (Å²) in [6.45, 7) is 5.92. The minimum atomic E-state index is -1.28. The molecular weight excluding hydrogens is 446 g/mol. The zero-order valence-electron chi connectivity index (χ0n) is 20.7. The van der Waals surface area contributed by atoms with Crippen LogP contribution >= 0.6 is 0 Å². The molecule has 2 aliphatic heterocycles. The molecule has 0 spiro atoms. The quantitative estimate of drug-likeness (QED) is 0.494. The third-order valence-electron chi connectivity index (χ3n) is 8.15. The van der Waals surface area contributed by atoms with Gasteiger partial charge in [0.05, 0.1) is 0 Å². The lowest BCUT2D eigenvalue weighted by atomic mass is 9.82. The van der Waals surface area contributed by atoms with Crippen molar-refractivity contribution in [2.45, 2.75) is 31.3 Å². The number of carbonyl (C=O) groups is 2. The molecule has 2 saturated heterocycles. The molecule has 1 aliphatic carbocycles. The van der Waals surface area contributed by atoms with Crippen LogP contribution in [-0.2, 0) is 12.1 Å². The molecule has 5 nitrogen and oxygen atoms in total. The van der Waals surface area contributed by atoms with Crippen molar-refractivity contribution in [2.75, 3.05) is 44.2 Å². The molecule has 2 heterocycles. The van der Waals surface area contributed by atoms with E-state index >= 15 is 0 Å². The van der Waals surface area contributed by atoms with Crippen LogP contribution in [0.25, 0.3) is 0 Å². The van der Waals surface area contributed by atoms with Crippen molar-refractivity contribution >= 4 is 17.3 Å². The molecule has 3 aromatic carbocycles. The first-order chi connectivity index (χ1) is 17.7. The number of piperidine rings is 1. The Morgan fingerprint density at radius 2 is 1.28 bits per heavy atom. The van der Waals surface area contributed by atoms with E-state index in [2.05, 4.69) is 51.1 Å². The topological polar surface area (TPSA) is 43.9 Å². The van der Waals surface area contributed by atoms with Crippen LogP contribution < -0.4 is 4.90 Å². The molecule has 0 atom stereocenters. The highest BCUT2D eigenvalue weighted by atomic mass is 16.2. The highest BCUT2D eigenvalue weighted by Crippen LogP contribution is 2.44. The number of ketones is 2. The van der Waals surface area contributed by atoms with Crippen molar-refractivity contribution in [3.8, 4) is 0 Å². The summed E-state index contributed by atoms with van der Waals surface area (Å²) in [5.74, 6) is -0.147. The van der Waals surface area contributed by atoms with Gasteiger partial charge in [0, 0.05) is 62.6 Å². The van der Waals surface area contributed by atoms with E-state index in [0.717, 1.165) is 44.0 Å². The molecule has 0 bridgehead atoms. The Kier molecular flexibility index (Phi) is 6.20. The van der Waals surface area contributed by atoms with Gasteiger partial charge in [0.2, 0.25) is 0 Å². The number of fused-ring (bicyclic) bond motifs is 1. The summed E-state index contributed by atoms with van der Waals surface area (Å²) in [7, 11) is 0. The summed E-state index contributed by atoms with van der Waals surface area (Å²) in [6.07, 6.45) is 3.63. The molecule has 2 fully saturated rings. The number of anilines is 1. The smallest absolute Gasteiger partial charge is 0.196 e. The third kappa shape index (κ3) is 3.87. The fourth-order valence-electron chi connectivity index (χ4n) is 6.27. The molecule has 3 aliphatic rings. The van der Waals surface area contributed by atoms with E-state index < -0.39 is 5.54 Å². The summed E-state index contributed by atoms with van der Waals surface area (Å²) in [5.41, 5.74) is 3.04. The second-order valence-corrected chi connectivity index (χ2v) is 10.3. The van der Waals surface area contributed by atoms with Gasteiger partial charge in [-0.1, -0.05) is 66.7 Å². The van der Waals surface area contributed by atoms with E-state index in [-0.39, 0.29) is 11.6 Å². The van der Waals surface area contributed by atoms with Crippen molar-refractivity contribution in [1.82, 2.24) is 9.80 Å². The number of hydrogen-bond donors (Lipinski definition) is 0. The molecule has 0 radical (unpaired) electrons. The van der Waals surface area contributed by atoms with Crippen LogP contribution in [0.4, 0.5) is 5.69 Å². The van der Waals surface area contributed by atoms with Gasteiger partial charge in [0.15, 0.2) is 17.1 Å². The Balaban J connectivity index is 1.35. The maximum Gasteiger partial charge on any atom is 0.196 e. The Bertz CT molecular complexity index is 1220. The second-order valence-electron chi connectivity index (χ2n) is 10.3. The zero-order chi connectivity index (χ0) is 24.5. The summed E-state index contributed by atoms with van der Waals surface area (Å²) < 4.78 is 0. The summed E-state index contributed by atoms with van der Waals surface area (Å²) in [5, 5.41) is 0. The zero-order valence-corrected chi connectivity index (χ0v) is 20.7. The van der Waals surface area contributed by atoms with Crippen molar-refractivity contribution < 1.29 is 9.59 Å². The fourth-order valence-corrected chi connectivity index (χ4v) is 6.27. The first-order valence-corrected chi connectivity index (χ1v) is 13.2. The van der Waals surface area contributed by atoms with Crippen molar-refractivity contribution in [3.05, 3.63) is 101 Å². The molecule has 5 heteroatoms. The van der Waals surface area contributed by atoms with Gasteiger partial charge in [0.25, 0.3) is 0 Å². The van der Waals surface area contributed by atoms with Crippen LogP contribution in [0.3, 0.4) is 0 Å². The minimum absolute atomic E-state index is 0.0737. The number of carbonyl (C=O) groups excluding carboxylic acids is 2. The van der Waals surface area contributed by atoms with E-state index in [1.54, 1.807) is 0 Å². The first-order valence-electron chi connectivity index (χ1n) is 13.2. The average molecular weight is 480 g/mol. The van der Waals surface area contributed by atoms with E-state index in [0.29, 0.717) is 24.2 Å². The van der Waals surface area contributed by atoms with Gasteiger partial charge in [-0.15, -0.1) is 0 Å². The van der Waals surface area contributed by atoms with Crippen LogP contribution in [0.2, 0.25) is 0 Å². The lowest BCUT2D eigenvalue weighted by Crippen LogP contribution is -2.60. The fraction of sp³-hybridized carbons (Fsp3) is 0.355. The Morgan fingerprint density at radius 1 is 0.639 bits per heavy atom. The van der Waals surface area contributed by atoms with Crippen molar-refractivity contribution in [3.63, 3.8) is 0 Å². The summed E-state index contributed by atoms with van der Waals surface area (Å²) in [4.78, 5) is 35.4. The Labute approximate surface area is 213 Å². The second kappa shape index (κ2) is 9.64. The third-order valence-corrected chi connectivity index (χ3v) is 8.15. The van der Waals surface area contributed by atoms with Gasteiger partial charge in [-0.3, -0.25) is 19.4 Å². The molecule has 0 aromatic heterocycles. The summed E-state index contributed by atoms with van der Waals surface area (Å²) in [6, 6.07) is 26.1. The highest BCUT2D eigenvalue weighted by molar-refractivity contribution is 6.32. The van der Waals surface area contributed by atoms with Gasteiger partial charge in [0.1, 0.15) is 0 Å². The van der Waals surface area contributed by atoms with Crippen molar-refractivity contribution in [1.29, 1.82) is 0 Å². The van der Waals surface area contributed by atoms with Gasteiger partial charge in [-0.25, -0.2) is 0 Å². The van der Waals surface area contributed by atoms with Gasteiger partial charge < -0.3 is 4.90 Å².